The zero-order valence-corrected chi connectivity index (χ0v) is 15.1. The van der Waals surface area contributed by atoms with E-state index in [1.54, 1.807) is 18.2 Å². The maximum absolute atomic E-state index is 13.9. The van der Waals surface area contributed by atoms with Gasteiger partial charge in [-0.25, -0.2) is 14.2 Å². The van der Waals surface area contributed by atoms with E-state index < -0.39 is 34.5 Å². The molecule has 0 fully saturated rings. The van der Waals surface area contributed by atoms with Gasteiger partial charge in [-0.1, -0.05) is 12.0 Å². The number of hydrogen-bond acceptors (Lipinski definition) is 4. The molecular weight excluding hydrogens is 388 g/mol. The molecule has 0 aliphatic rings. The molecule has 0 radical (unpaired) electrons. The van der Waals surface area contributed by atoms with Crippen LogP contribution in [0.25, 0.3) is 10.9 Å². The minimum Gasteiger partial charge on any atom is -0.462 e. The largest absolute Gasteiger partial charge is 0.462 e. The Morgan fingerprint density at radius 1 is 1.24 bits per heavy atom. The van der Waals surface area contributed by atoms with E-state index >= 15 is 0 Å². The number of hydrogen-bond donors (Lipinski definition) is 1. The molecule has 3 aromatic rings. The van der Waals surface area contributed by atoms with E-state index in [1.165, 1.54) is 13.0 Å². The van der Waals surface area contributed by atoms with E-state index in [2.05, 4.69) is 16.2 Å². The van der Waals surface area contributed by atoms with Gasteiger partial charge >= 0.3 is 12.1 Å². The summed E-state index contributed by atoms with van der Waals surface area (Å²) in [6, 6.07) is 9.09. The van der Waals surface area contributed by atoms with Gasteiger partial charge in [0.25, 0.3) is 0 Å². The summed E-state index contributed by atoms with van der Waals surface area (Å²) >= 11 is 0. The molecule has 0 saturated carbocycles. The number of rotatable bonds is 4. The van der Waals surface area contributed by atoms with E-state index in [9.17, 15) is 22.4 Å². The third-order valence-corrected chi connectivity index (χ3v) is 4.00. The number of nitrogens with one attached hydrogen (secondary N) is 1. The molecular formula is C21H14F4N2O2. The second kappa shape index (κ2) is 7.80. The molecule has 2 aromatic carbocycles. The Kier molecular flexibility index (Phi) is 5.41. The Morgan fingerprint density at radius 3 is 2.66 bits per heavy atom. The number of carbonyl (C=O) groups is 1. The monoisotopic (exact) mass is 402 g/mol. The molecule has 8 heteroatoms. The average Bonchev–Trinajstić information content (AvgIpc) is 2.66. The number of nitrogens with zero attached hydrogens (tertiary/aromatic N) is 1. The minimum absolute atomic E-state index is 0.137. The topological polar surface area (TPSA) is 51.2 Å². The highest BCUT2D eigenvalue weighted by Crippen LogP contribution is 2.40. The maximum atomic E-state index is 13.9. The summed E-state index contributed by atoms with van der Waals surface area (Å²) in [7, 11) is 0. The van der Waals surface area contributed by atoms with Crippen LogP contribution in [0.5, 0.6) is 0 Å². The highest BCUT2D eigenvalue weighted by atomic mass is 19.4. The molecule has 4 nitrogen and oxygen atoms in total. The SMILES string of the molecule is C#Cc1cccc(Nc2nc3ccc(F)cc3c(C(F)(F)F)c2C(=O)OCC)c1. The quantitative estimate of drug-likeness (QED) is 0.366. The number of alkyl halides is 3. The number of pyridine rings is 1. The van der Waals surface area contributed by atoms with Crippen molar-refractivity contribution in [2.24, 2.45) is 0 Å². The predicted octanol–water partition coefficient (Wildman–Crippen LogP) is 5.29. The molecule has 1 aromatic heterocycles. The third kappa shape index (κ3) is 4.14. The Hall–Kier alpha value is -3.60. The smallest absolute Gasteiger partial charge is 0.418 e. The van der Waals surface area contributed by atoms with Gasteiger partial charge < -0.3 is 10.1 Å². The lowest BCUT2D eigenvalue weighted by Crippen LogP contribution is -2.19. The molecule has 0 bridgehead atoms. The maximum Gasteiger partial charge on any atom is 0.418 e. The van der Waals surface area contributed by atoms with Gasteiger partial charge in [0, 0.05) is 16.6 Å². The summed E-state index contributed by atoms with van der Waals surface area (Å²) in [5.74, 6) is -0.0773. The molecule has 3 rings (SSSR count). The van der Waals surface area contributed by atoms with E-state index in [-0.39, 0.29) is 17.9 Å². The van der Waals surface area contributed by atoms with Crippen LogP contribution >= 0.6 is 0 Å². The lowest BCUT2D eigenvalue weighted by molar-refractivity contribution is -0.136. The number of aromatic nitrogens is 1. The van der Waals surface area contributed by atoms with Crippen molar-refractivity contribution in [1.82, 2.24) is 4.98 Å². The Labute approximate surface area is 163 Å². The van der Waals surface area contributed by atoms with Gasteiger partial charge in [0.05, 0.1) is 17.7 Å². The third-order valence-electron chi connectivity index (χ3n) is 4.00. The summed E-state index contributed by atoms with van der Waals surface area (Å²) in [6.07, 6.45) is 0.384. The van der Waals surface area contributed by atoms with Crippen molar-refractivity contribution in [2.75, 3.05) is 11.9 Å². The van der Waals surface area contributed by atoms with Crippen molar-refractivity contribution >= 4 is 28.4 Å². The molecule has 0 amide bonds. The number of carbonyl (C=O) groups excluding carboxylic acids is 1. The van der Waals surface area contributed by atoms with Crippen molar-refractivity contribution in [2.45, 2.75) is 13.1 Å². The highest BCUT2D eigenvalue weighted by Gasteiger charge is 2.40. The number of ether oxygens (including phenoxy) is 1. The number of benzene rings is 2. The van der Waals surface area contributed by atoms with Crippen LogP contribution in [0, 0.1) is 18.2 Å². The van der Waals surface area contributed by atoms with Crippen LogP contribution < -0.4 is 5.32 Å². The van der Waals surface area contributed by atoms with E-state index in [0.717, 1.165) is 12.1 Å². The van der Waals surface area contributed by atoms with Crippen LogP contribution in [0.2, 0.25) is 0 Å². The normalized spacial score (nSPS) is 11.2. The zero-order valence-electron chi connectivity index (χ0n) is 15.1. The number of esters is 1. The fourth-order valence-corrected chi connectivity index (χ4v) is 2.85. The fourth-order valence-electron chi connectivity index (χ4n) is 2.85. The lowest BCUT2D eigenvalue weighted by Gasteiger charge is -2.19. The summed E-state index contributed by atoms with van der Waals surface area (Å²) in [5, 5.41) is 2.17. The molecule has 0 unspecified atom stereocenters. The predicted molar refractivity (Wildman–Crippen MR) is 100 cm³/mol. The van der Waals surface area contributed by atoms with Crippen molar-refractivity contribution in [1.29, 1.82) is 0 Å². The molecule has 148 valence electrons. The first kappa shape index (κ1) is 20.1. The second-order valence-electron chi connectivity index (χ2n) is 5.94. The van der Waals surface area contributed by atoms with Crippen LogP contribution in [0.15, 0.2) is 42.5 Å². The van der Waals surface area contributed by atoms with Gasteiger partial charge in [0.2, 0.25) is 0 Å². The first-order chi connectivity index (χ1) is 13.7. The van der Waals surface area contributed by atoms with Crippen molar-refractivity contribution in [3.63, 3.8) is 0 Å². The van der Waals surface area contributed by atoms with E-state index in [4.69, 9.17) is 11.2 Å². The average molecular weight is 402 g/mol. The second-order valence-corrected chi connectivity index (χ2v) is 5.94. The van der Waals surface area contributed by atoms with Gasteiger partial charge in [-0.2, -0.15) is 13.2 Å². The summed E-state index contributed by atoms with van der Waals surface area (Å²) in [4.78, 5) is 16.6. The molecule has 0 saturated heterocycles. The molecule has 0 atom stereocenters. The van der Waals surface area contributed by atoms with Gasteiger partial charge in [-0.15, -0.1) is 6.42 Å². The van der Waals surface area contributed by atoms with Gasteiger partial charge in [-0.05, 0) is 43.3 Å². The lowest BCUT2D eigenvalue weighted by atomic mass is 10.0. The van der Waals surface area contributed by atoms with E-state index in [0.29, 0.717) is 17.3 Å². The van der Waals surface area contributed by atoms with Crippen molar-refractivity contribution in [3.05, 3.63) is 65.0 Å². The van der Waals surface area contributed by atoms with Crippen LogP contribution in [0.4, 0.5) is 29.1 Å². The number of anilines is 2. The number of fused-ring (bicyclic) bond motifs is 1. The van der Waals surface area contributed by atoms with E-state index in [1.807, 2.05) is 0 Å². The first-order valence-electron chi connectivity index (χ1n) is 8.46. The van der Waals surface area contributed by atoms with Gasteiger partial charge in [-0.3, -0.25) is 0 Å². The van der Waals surface area contributed by atoms with Crippen LogP contribution in [-0.2, 0) is 10.9 Å². The molecule has 0 spiro atoms. The molecule has 0 aliphatic carbocycles. The Balaban J connectivity index is 2.32. The number of halogens is 4. The van der Waals surface area contributed by atoms with Gasteiger partial charge in [0.1, 0.15) is 17.2 Å². The standard InChI is InChI=1S/C21H14F4N2O2/c1-3-12-6-5-7-14(10-12)26-19-17(20(28)29-4-2)18(21(23,24)25)15-11-13(22)8-9-16(15)27-19/h1,5-11H,4H2,2H3,(H,26,27). The Bertz CT molecular complexity index is 1130. The fraction of sp³-hybridized carbons (Fsp3) is 0.143. The summed E-state index contributed by atoms with van der Waals surface area (Å²) in [5.41, 5.74) is -1.48. The van der Waals surface area contributed by atoms with Crippen molar-refractivity contribution in [3.8, 4) is 12.3 Å². The van der Waals surface area contributed by atoms with Crippen LogP contribution in [0.3, 0.4) is 0 Å². The summed E-state index contributed by atoms with van der Waals surface area (Å²) < 4.78 is 60.3. The van der Waals surface area contributed by atoms with Crippen molar-refractivity contribution < 1.29 is 27.1 Å². The Morgan fingerprint density at radius 2 is 2.00 bits per heavy atom. The molecule has 0 aliphatic heterocycles. The zero-order chi connectivity index (χ0) is 21.2. The van der Waals surface area contributed by atoms with Gasteiger partial charge in [0.15, 0.2) is 0 Å². The minimum atomic E-state index is -4.96. The number of terminal acetylenes is 1. The summed E-state index contributed by atoms with van der Waals surface area (Å²) in [6.45, 7) is 1.31. The van der Waals surface area contributed by atoms with Crippen LogP contribution in [-0.4, -0.2) is 17.6 Å². The first-order valence-corrected chi connectivity index (χ1v) is 8.46. The molecule has 1 N–H and O–H groups in total. The highest BCUT2D eigenvalue weighted by molar-refractivity contribution is 6.03. The molecule has 29 heavy (non-hydrogen) atoms. The van der Waals surface area contributed by atoms with Crippen LogP contribution in [0.1, 0.15) is 28.4 Å². The molecule has 1 heterocycles.